The van der Waals surface area contributed by atoms with E-state index in [0.29, 0.717) is 0 Å². The van der Waals surface area contributed by atoms with Crippen LogP contribution in [0.15, 0.2) is 0 Å². The van der Waals surface area contributed by atoms with Crippen LogP contribution in [0.5, 0.6) is 0 Å². The van der Waals surface area contributed by atoms with Crippen molar-refractivity contribution in [2.75, 3.05) is 19.7 Å². The highest BCUT2D eigenvalue weighted by Gasteiger charge is 2.05. The van der Waals surface area contributed by atoms with E-state index in [4.69, 9.17) is 5.11 Å². The molecule has 0 atom stereocenters. The molecule has 0 saturated carbocycles. The van der Waals surface area contributed by atoms with E-state index in [1.807, 2.05) is 0 Å². The van der Waals surface area contributed by atoms with E-state index >= 15 is 0 Å². The fourth-order valence-corrected chi connectivity index (χ4v) is 0.710. The maximum Gasteiger partial charge on any atom is 0.325 e. The molecule has 0 aliphatic rings. The SMILES string of the molecule is CCOC(=O)CNC(=O)NCCC(=O)O. The summed E-state index contributed by atoms with van der Waals surface area (Å²) in [5, 5.41) is 12.8. The summed E-state index contributed by atoms with van der Waals surface area (Å²) in [6, 6.07) is -0.593. The van der Waals surface area contributed by atoms with Crippen molar-refractivity contribution in [2.24, 2.45) is 0 Å². The highest BCUT2D eigenvalue weighted by Crippen LogP contribution is 1.77. The van der Waals surface area contributed by atoms with Crippen molar-refractivity contribution in [3.05, 3.63) is 0 Å². The van der Waals surface area contributed by atoms with Gasteiger partial charge < -0.3 is 20.5 Å². The number of aliphatic carboxylic acids is 1. The van der Waals surface area contributed by atoms with Gasteiger partial charge in [-0.05, 0) is 6.92 Å². The number of ether oxygens (including phenoxy) is 1. The van der Waals surface area contributed by atoms with Gasteiger partial charge in [0.05, 0.1) is 13.0 Å². The number of carbonyl (C=O) groups excluding carboxylic acids is 2. The molecule has 0 aliphatic carbocycles. The number of esters is 1. The predicted molar refractivity (Wildman–Crippen MR) is 50.3 cm³/mol. The monoisotopic (exact) mass is 218 g/mol. The lowest BCUT2D eigenvalue weighted by molar-refractivity contribution is -0.142. The molecule has 0 fully saturated rings. The van der Waals surface area contributed by atoms with Gasteiger partial charge in [-0.3, -0.25) is 9.59 Å². The normalized spacial score (nSPS) is 9.13. The number of urea groups is 1. The molecule has 0 heterocycles. The number of carboxylic acids is 1. The first-order chi connectivity index (χ1) is 7.06. The van der Waals surface area contributed by atoms with E-state index in [9.17, 15) is 14.4 Å². The molecule has 0 rings (SSSR count). The highest BCUT2D eigenvalue weighted by molar-refractivity contribution is 5.81. The first-order valence-corrected chi connectivity index (χ1v) is 4.45. The van der Waals surface area contributed by atoms with Crippen molar-refractivity contribution >= 4 is 18.0 Å². The molecule has 15 heavy (non-hydrogen) atoms. The second-order valence-electron chi connectivity index (χ2n) is 2.56. The van der Waals surface area contributed by atoms with Crippen LogP contribution < -0.4 is 10.6 Å². The quantitative estimate of drug-likeness (QED) is 0.512. The van der Waals surface area contributed by atoms with Crippen LogP contribution in [0.3, 0.4) is 0 Å². The maximum atomic E-state index is 10.9. The number of hydrogen-bond donors (Lipinski definition) is 3. The second-order valence-corrected chi connectivity index (χ2v) is 2.56. The molecule has 7 nitrogen and oxygen atoms in total. The van der Waals surface area contributed by atoms with Gasteiger partial charge in [0.15, 0.2) is 0 Å². The van der Waals surface area contributed by atoms with Crippen molar-refractivity contribution < 1.29 is 24.2 Å². The number of hydrogen-bond acceptors (Lipinski definition) is 4. The van der Waals surface area contributed by atoms with Crippen molar-refractivity contribution in [3.8, 4) is 0 Å². The van der Waals surface area contributed by atoms with Gasteiger partial charge in [0.2, 0.25) is 0 Å². The molecule has 0 aromatic heterocycles. The molecule has 0 bridgehead atoms. The fraction of sp³-hybridized carbons (Fsp3) is 0.625. The Kier molecular flexibility index (Phi) is 6.69. The Labute approximate surface area is 86.8 Å². The van der Waals surface area contributed by atoms with Gasteiger partial charge in [-0.1, -0.05) is 0 Å². The predicted octanol–water partition coefficient (Wildman–Crippen LogP) is -0.677. The second kappa shape index (κ2) is 7.60. The van der Waals surface area contributed by atoms with Crippen molar-refractivity contribution in [3.63, 3.8) is 0 Å². The van der Waals surface area contributed by atoms with Crippen LogP contribution in [-0.4, -0.2) is 42.8 Å². The Morgan fingerprint density at radius 3 is 2.47 bits per heavy atom. The first kappa shape index (κ1) is 13.2. The molecule has 0 aromatic rings. The third kappa shape index (κ3) is 8.54. The fourth-order valence-electron chi connectivity index (χ4n) is 0.710. The summed E-state index contributed by atoms with van der Waals surface area (Å²) in [4.78, 5) is 31.8. The van der Waals surface area contributed by atoms with Crippen LogP contribution in [0.1, 0.15) is 13.3 Å². The molecule has 0 aliphatic heterocycles. The van der Waals surface area contributed by atoms with Crippen molar-refractivity contribution in [1.29, 1.82) is 0 Å². The van der Waals surface area contributed by atoms with Crippen LogP contribution in [0, 0.1) is 0 Å². The van der Waals surface area contributed by atoms with Crippen LogP contribution in [-0.2, 0) is 14.3 Å². The van der Waals surface area contributed by atoms with E-state index in [0.717, 1.165) is 0 Å². The highest BCUT2D eigenvalue weighted by atomic mass is 16.5. The summed E-state index contributed by atoms with van der Waals surface area (Å²) in [5.41, 5.74) is 0. The van der Waals surface area contributed by atoms with Crippen molar-refractivity contribution in [2.45, 2.75) is 13.3 Å². The molecule has 7 heteroatoms. The number of carbonyl (C=O) groups is 3. The summed E-state index contributed by atoms with van der Waals surface area (Å²) in [5.74, 6) is -1.54. The molecule has 0 saturated heterocycles. The van der Waals surface area contributed by atoms with E-state index in [1.54, 1.807) is 6.92 Å². The van der Waals surface area contributed by atoms with E-state index in [2.05, 4.69) is 15.4 Å². The first-order valence-electron chi connectivity index (χ1n) is 4.45. The maximum absolute atomic E-state index is 10.9. The molecule has 0 spiro atoms. The lowest BCUT2D eigenvalue weighted by Gasteiger charge is -2.05. The van der Waals surface area contributed by atoms with Gasteiger partial charge in [0.1, 0.15) is 6.54 Å². The van der Waals surface area contributed by atoms with Crippen LogP contribution in [0.2, 0.25) is 0 Å². The lowest BCUT2D eigenvalue weighted by Crippen LogP contribution is -2.39. The zero-order valence-electron chi connectivity index (χ0n) is 8.41. The molecule has 86 valence electrons. The molecule has 0 aromatic carbocycles. The Morgan fingerprint density at radius 2 is 1.93 bits per heavy atom. The summed E-state index contributed by atoms with van der Waals surface area (Å²) < 4.78 is 4.56. The number of amides is 2. The van der Waals surface area contributed by atoms with Crippen LogP contribution in [0.25, 0.3) is 0 Å². The summed E-state index contributed by atoms with van der Waals surface area (Å²) in [6.45, 7) is 1.70. The molecular weight excluding hydrogens is 204 g/mol. The van der Waals surface area contributed by atoms with Gasteiger partial charge >= 0.3 is 18.0 Å². The topological polar surface area (TPSA) is 105 Å². The van der Waals surface area contributed by atoms with Crippen LogP contribution in [0.4, 0.5) is 4.79 Å². The average molecular weight is 218 g/mol. The molecule has 3 N–H and O–H groups in total. The zero-order chi connectivity index (χ0) is 11.7. The minimum atomic E-state index is -0.999. The summed E-state index contributed by atoms with van der Waals surface area (Å²) in [6.07, 6.45) is -0.160. The van der Waals surface area contributed by atoms with E-state index in [-0.39, 0.29) is 26.1 Å². The van der Waals surface area contributed by atoms with E-state index < -0.39 is 18.0 Å². The molecule has 0 radical (unpaired) electrons. The van der Waals surface area contributed by atoms with Gasteiger partial charge in [0.25, 0.3) is 0 Å². The standard InChI is InChI=1S/C8H14N2O5/c1-2-15-7(13)5-10-8(14)9-4-3-6(11)12/h2-5H2,1H3,(H,11,12)(H2,9,10,14). The molecule has 2 amide bonds. The number of rotatable bonds is 6. The van der Waals surface area contributed by atoms with Gasteiger partial charge in [-0.2, -0.15) is 0 Å². The van der Waals surface area contributed by atoms with E-state index in [1.165, 1.54) is 0 Å². The third-order valence-electron chi connectivity index (χ3n) is 1.32. The van der Waals surface area contributed by atoms with Gasteiger partial charge in [0, 0.05) is 6.54 Å². The summed E-state index contributed by atoms with van der Waals surface area (Å²) in [7, 11) is 0. The van der Waals surface area contributed by atoms with Crippen LogP contribution >= 0.6 is 0 Å². The number of nitrogens with one attached hydrogen (secondary N) is 2. The Bertz CT molecular complexity index is 241. The minimum Gasteiger partial charge on any atom is -0.481 e. The smallest absolute Gasteiger partial charge is 0.325 e. The molecular formula is C8H14N2O5. The largest absolute Gasteiger partial charge is 0.481 e. The lowest BCUT2D eigenvalue weighted by atomic mass is 10.4. The zero-order valence-corrected chi connectivity index (χ0v) is 8.41. The van der Waals surface area contributed by atoms with Gasteiger partial charge in [-0.15, -0.1) is 0 Å². The summed E-state index contributed by atoms with van der Waals surface area (Å²) >= 11 is 0. The Balaban J connectivity index is 3.49. The van der Waals surface area contributed by atoms with Crippen molar-refractivity contribution in [1.82, 2.24) is 10.6 Å². The minimum absolute atomic E-state index is 0.0178. The molecule has 0 unspecified atom stereocenters. The number of carboxylic acid groups (broad SMARTS) is 1. The Morgan fingerprint density at radius 1 is 1.27 bits per heavy atom. The third-order valence-corrected chi connectivity index (χ3v) is 1.32. The van der Waals surface area contributed by atoms with Gasteiger partial charge in [-0.25, -0.2) is 4.79 Å². The average Bonchev–Trinajstić information content (AvgIpc) is 2.14. The Hall–Kier alpha value is -1.79.